The zero-order valence-electron chi connectivity index (χ0n) is 16.4. The van der Waals surface area contributed by atoms with Gasteiger partial charge < -0.3 is 23.5 Å². The van der Waals surface area contributed by atoms with Gasteiger partial charge in [0, 0.05) is 11.1 Å². The molecule has 0 amide bonds. The SMILES string of the molecule is COc1ccc(C[NH+](C)Cn2nc(-c3ccc(OC)c(OC)c3)oc2=S)cc1. The maximum absolute atomic E-state index is 5.70. The van der Waals surface area contributed by atoms with Crippen LogP contribution in [-0.4, -0.2) is 38.2 Å². The van der Waals surface area contributed by atoms with E-state index in [1.54, 1.807) is 26.0 Å². The maximum atomic E-state index is 5.70. The van der Waals surface area contributed by atoms with Gasteiger partial charge in [-0.15, -0.1) is 5.10 Å². The molecule has 7 nitrogen and oxygen atoms in total. The van der Waals surface area contributed by atoms with Gasteiger partial charge in [-0.2, -0.15) is 4.68 Å². The van der Waals surface area contributed by atoms with Crippen LogP contribution >= 0.6 is 12.2 Å². The van der Waals surface area contributed by atoms with Crippen molar-refractivity contribution in [2.75, 3.05) is 28.4 Å². The molecule has 0 saturated carbocycles. The minimum Gasteiger partial charge on any atom is -0.497 e. The number of hydrogen-bond acceptors (Lipinski definition) is 6. The first-order chi connectivity index (χ1) is 13.5. The summed E-state index contributed by atoms with van der Waals surface area (Å²) in [6.07, 6.45) is 0. The Morgan fingerprint density at radius 1 is 1.00 bits per heavy atom. The maximum Gasteiger partial charge on any atom is 0.292 e. The number of aromatic nitrogens is 2. The number of nitrogens with one attached hydrogen (secondary N) is 1. The standard InChI is InChI=1S/C20H23N3O4S/c1-22(12-14-5-8-16(24-2)9-6-14)13-23-20(28)27-19(21-23)15-7-10-17(25-3)18(11-15)26-4/h5-11H,12-13H2,1-4H3/p+1. The van der Waals surface area contributed by atoms with E-state index in [0.717, 1.165) is 17.9 Å². The third kappa shape index (κ3) is 4.52. The number of hydrogen-bond donors (Lipinski definition) is 1. The van der Waals surface area contributed by atoms with Crippen molar-refractivity contribution in [2.24, 2.45) is 0 Å². The molecule has 0 bridgehead atoms. The Bertz CT molecular complexity index is 982. The molecule has 0 aliphatic carbocycles. The molecule has 1 atom stereocenters. The molecule has 1 N–H and O–H groups in total. The number of ether oxygens (including phenoxy) is 3. The lowest BCUT2D eigenvalue weighted by Crippen LogP contribution is -3.07. The highest BCUT2D eigenvalue weighted by atomic mass is 32.1. The van der Waals surface area contributed by atoms with Crippen LogP contribution in [0, 0.1) is 4.84 Å². The summed E-state index contributed by atoms with van der Waals surface area (Å²) >= 11 is 5.35. The van der Waals surface area contributed by atoms with Crippen LogP contribution in [0.25, 0.3) is 11.5 Å². The van der Waals surface area contributed by atoms with Crippen LogP contribution in [0.2, 0.25) is 0 Å². The van der Waals surface area contributed by atoms with Crippen molar-refractivity contribution >= 4 is 12.2 Å². The van der Waals surface area contributed by atoms with Gasteiger partial charge >= 0.3 is 0 Å². The van der Waals surface area contributed by atoms with E-state index in [9.17, 15) is 0 Å². The average molecular weight is 402 g/mol. The molecule has 3 rings (SSSR count). The topological polar surface area (TPSA) is 63.1 Å². The second-order valence-electron chi connectivity index (χ2n) is 6.38. The minimum absolute atomic E-state index is 0.332. The Morgan fingerprint density at radius 2 is 1.71 bits per heavy atom. The van der Waals surface area contributed by atoms with E-state index in [2.05, 4.69) is 24.3 Å². The van der Waals surface area contributed by atoms with E-state index in [-0.39, 0.29) is 0 Å². The Morgan fingerprint density at radius 3 is 2.36 bits per heavy atom. The number of benzene rings is 2. The molecule has 148 valence electrons. The van der Waals surface area contributed by atoms with E-state index in [0.29, 0.717) is 28.9 Å². The van der Waals surface area contributed by atoms with Gasteiger partial charge in [-0.3, -0.25) is 0 Å². The molecular formula is C20H24N3O4S+. The molecule has 8 heteroatoms. The van der Waals surface area contributed by atoms with Crippen LogP contribution in [0.1, 0.15) is 5.56 Å². The second kappa shape index (κ2) is 8.90. The summed E-state index contributed by atoms with van der Waals surface area (Å²) < 4.78 is 23.2. The van der Waals surface area contributed by atoms with Crippen molar-refractivity contribution in [3.05, 3.63) is 52.9 Å². The summed E-state index contributed by atoms with van der Waals surface area (Å²) in [4.78, 5) is 1.55. The monoisotopic (exact) mass is 402 g/mol. The van der Waals surface area contributed by atoms with Gasteiger partial charge in [0.2, 0.25) is 5.89 Å². The molecule has 0 aliphatic rings. The summed E-state index contributed by atoms with van der Waals surface area (Å²) in [5, 5.41) is 4.53. The smallest absolute Gasteiger partial charge is 0.292 e. The van der Waals surface area contributed by atoms with Crippen LogP contribution in [0.4, 0.5) is 0 Å². The van der Waals surface area contributed by atoms with Crippen molar-refractivity contribution in [3.63, 3.8) is 0 Å². The Hall–Kier alpha value is -2.84. The lowest BCUT2D eigenvalue weighted by molar-refractivity contribution is -0.917. The van der Waals surface area contributed by atoms with Crippen molar-refractivity contribution < 1.29 is 23.5 Å². The van der Waals surface area contributed by atoms with Crippen LogP contribution in [0.3, 0.4) is 0 Å². The lowest BCUT2D eigenvalue weighted by atomic mass is 10.2. The van der Waals surface area contributed by atoms with E-state index in [4.69, 9.17) is 30.8 Å². The largest absolute Gasteiger partial charge is 0.497 e. The van der Waals surface area contributed by atoms with Gasteiger partial charge in [-0.05, 0) is 54.7 Å². The third-order valence-electron chi connectivity index (χ3n) is 4.32. The summed E-state index contributed by atoms with van der Waals surface area (Å²) in [6.45, 7) is 1.41. The zero-order valence-corrected chi connectivity index (χ0v) is 17.2. The highest BCUT2D eigenvalue weighted by molar-refractivity contribution is 7.71. The molecule has 0 spiro atoms. The fraction of sp³-hybridized carbons (Fsp3) is 0.300. The summed E-state index contributed by atoms with van der Waals surface area (Å²) in [7, 11) is 6.93. The van der Waals surface area contributed by atoms with Crippen LogP contribution in [0.15, 0.2) is 46.9 Å². The van der Waals surface area contributed by atoms with E-state index in [1.807, 2.05) is 30.3 Å². The highest BCUT2D eigenvalue weighted by Gasteiger charge is 2.14. The van der Waals surface area contributed by atoms with Crippen molar-refractivity contribution in [1.82, 2.24) is 9.78 Å². The van der Waals surface area contributed by atoms with Crippen molar-refractivity contribution in [2.45, 2.75) is 13.2 Å². The number of quaternary nitrogens is 1. The van der Waals surface area contributed by atoms with E-state index < -0.39 is 0 Å². The minimum atomic E-state index is 0.332. The molecular weight excluding hydrogens is 378 g/mol. The molecule has 28 heavy (non-hydrogen) atoms. The van der Waals surface area contributed by atoms with Crippen LogP contribution in [-0.2, 0) is 13.2 Å². The molecule has 0 saturated heterocycles. The quantitative estimate of drug-likeness (QED) is 0.585. The first-order valence-corrected chi connectivity index (χ1v) is 9.19. The predicted octanol–water partition coefficient (Wildman–Crippen LogP) is 2.57. The normalized spacial score (nSPS) is 11.9. The fourth-order valence-electron chi connectivity index (χ4n) is 2.90. The predicted molar refractivity (Wildman–Crippen MR) is 107 cm³/mol. The van der Waals surface area contributed by atoms with Gasteiger partial charge in [0.25, 0.3) is 4.84 Å². The van der Waals surface area contributed by atoms with E-state index in [1.165, 1.54) is 10.5 Å². The van der Waals surface area contributed by atoms with Crippen molar-refractivity contribution in [3.8, 4) is 28.7 Å². The van der Waals surface area contributed by atoms with Gasteiger partial charge in [0.15, 0.2) is 18.2 Å². The summed E-state index contributed by atoms with van der Waals surface area (Å²) in [5.41, 5.74) is 1.98. The molecule has 2 aromatic carbocycles. The molecule has 0 fully saturated rings. The zero-order chi connectivity index (χ0) is 20.1. The Balaban J connectivity index is 1.73. The molecule has 0 radical (unpaired) electrons. The Labute approximate surface area is 169 Å². The molecule has 3 aromatic rings. The summed E-state index contributed by atoms with van der Waals surface area (Å²) in [6, 6.07) is 13.5. The van der Waals surface area contributed by atoms with Gasteiger partial charge in [0.05, 0.1) is 28.4 Å². The lowest BCUT2D eigenvalue weighted by Gasteiger charge is -2.13. The highest BCUT2D eigenvalue weighted by Crippen LogP contribution is 2.31. The van der Waals surface area contributed by atoms with Crippen LogP contribution in [0.5, 0.6) is 17.2 Å². The molecule has 1 unspecified atom stereocenters. The second-order valence-corrected chi connectivity index (χ2v) is 6.73. The average Bonchev–Trinajstić information content (AvgIpc) is 3.08. The van der Waals surface area contributed by atoms with Crippen molar-refractivity contribution in [1.29, 1.82) is 0 Å². The van der Waals surface area contributed by atoms with E-state index >= 15 is 0 Å². The van der Waals surface area contributed by atoms with Crippen LogP contribution < -0.4 is 19.1 Å². The molecule has 0 aliphatic heterocycles. The third-order valence-corrected chi connectivity index (χ3v) is 4.62. The first kappa shape index (κ1) is 19.9. The number of nitrogens with zero attached hydrogens (tertiary/aromatic N) is 2. The first-order valence-electron chi connectivity index (χ1n) is 8.78. The molecule has 1 aromatic heterocycles. The van der Waals surface area contributed by atoms with Gasteiger partial charge in [-0.1, -0.05) is 0 Å². The summed E-state index contributed by atoms with van der Waals surface area (Å²) in [5.74, 6) is 2.55. The fourth-order valence-corrected chi connectivity index (χ4v) is 3.08. The Kier molecular flexibility index (Phi) is 6.33. The number of rotatable bonds is 8. The van der Waals surface area contributed by atoms with Gasteiger partial charge in [0.1, 0.15) is 12.3 Å². The molecule has 1 heterocycles. The van der Waals surface area contributed by atoms with Gasteiger partial charge in [-0.25, -0.2) is 0 Å². The number of methoxy groups -OCH3 is 3.